The third-order valence-electron chi connectivity index (χ3n) is 2.00. The zero-order chi connectivity index (χ0) is 13.9. The summed E-state index contributed by atoms with van der Waals surface area (Å²) in [4.78, 5) is 9.73. The number of aliphatic hydroxyl groups is 1. The highest BCUT2D eigenvalue weighted by Gasteiger charge is 2.29. The van der Waals surface area contributed by atoms with Crippen LogP contribution < -0.4 is 5.32 Å². The summed E-state index contributed by atoms with van der Waals surface area (Å²) in [6.07, 6.45) is 0. The van der Waals surface area contributed by atoms with E-state index in [1.165, 1.54) is 0 Å². The number of hydrogen-bond donors (Lipinski definition) is 2. The highest BCUT2D eigenvalue weighted by atomic mass is 79.9. The number of nitro benzene ring substituents is 1. The van der Waals surface area contributed by atoms with Gasteiger partial charge in [-0.25, -0.2) is 13.2 Å². The monoisotopic (exact) mass is 328 g/mol. The van der Waals surface area contributed by atoms with Crippen LogP contribution in [-0.2, 0) is 0 Å². The van der Waals surface area contributed by atoms with E-state index in [0.717, 1.165) is 6.07 Å². The van der Waals surface area contributed by atoms with Crippen LogP contribution in [0.5, 0.6) is 0 Å². The first kappa shape index (κ1) is 14.7. The van der Waals surface area contributed by atoms with E-state index < -0.39 is 35.5 Å². The number of anilines is 1. The molecule has 0 aromatic heterocycles. The van der Waals surface area contributed by atoms with Crippen molar-refractivity contribution in [3.05, 3.63) is 32.5 Å². The fraction of sp³-hybridized carbons (Fsp3) is 0.333. The molecule has 5 nitrogen and oxygen atoms in total. The van der Waals surface area contributed by atoms with Gasteiger partial charge < -0.3 is 10.4 Å². The van der Waals surface area contributed by atoms with Crippen LogP contribution in [0.15, 0.2) is 16.6 Å². The van der Waals surface area contributed by atoms with E-state index in [-0.39, 0.29) is 10.2 Å². The quantitative estimate of drug-likeness (QED) is 0.643. The molecule has 0 aliphatic heterocycles. The number of halogens is 4. The molecule has 100 valence electrons. The van der Waals surface area contributed by atoms with Crippen molar-refractivity contribution in [2.24, 2.45) is 0 Å². The number of nitrogens with zero attached hydrogens (tertiary/aromatic N) is 1. The van der Waals surface area contributed by atoms with Gasteiger partial charge in [0, 0.05) is 0 Å². The summed E-state index contributed by atoms with van der Waals surface area (Å²) in [5.41, 5.74) is -0.925. The van der Waals surface area contributed by atoms with Crippen molar-refractivity contribution in [3.63, 3.8) is 0 Å². The molecule has 9 heteroatoms. The lowest BCUT2D eigenvalue weighted by atomic mass is 10.2. The van der Waals surface area contributed by atoms with Gasteiger partial charge >= 0.3 is 0 Å². The highest BCUT2D eigenvalue weighted by molar-refractivity contribution is 9.10. The normalized spacial score (nSPS) is 11.4. The molecular weight excluding hydrogens is 321 g/mol. The van der Waals surface area contributed by atoms with Crippen LogP contribution in [0.3, 0.4) is 0 Å². The maximum Gasteiger partial charge on any atom is 0.295 e. The minimum Gasteiger partial charge on any atom is -0.390 e. The predicted octanol–water partition coefficient (Wildman–Crippen LogP) is 2.54. The summed E-state index contributed by atoms with van der Waals surface area (Å²) >= 11 is 2.79. The summed E-state index contributed by atoms with van der Waals surface area (Å²) in [7, 11) is 0. The van der Waals surface area contributed by atoms with Gasteiger partial charge in [0.25, 0.3) is 11.6 Å². The van der Waals surface area contributed by atoms with Crippen LogP contribution in [0.25, 0.3) is 0 Å². The van der Waals surface area contributed by atoms with Gasteiger partial charge in [-0.3, -0.25) is 10.1 Å². The first-order valence-electron chi connectivity index (χ1n) is 4.63. The molecule has 0 bridgehead atoms. The average Bonchev–Trinajstić information content (AvgIpc) is 2.30. The van der Waals surface area contributed by atoms with Crippen LogP contribution in [0.4, 0.5) is 24.5 Å². The van der Waals surface area contributed by atoms with E-state index in [1.807, 2.05) is 0 Å². The van der Waals surface area contributed by atoms with E-state index in [9.17, 15) is 23.3 Å². The molecule has 0 unspecified atom stereocenters. The molecule has 0 aliphatic rings. The molecule has 1 aromatic carbocycles. The van der Waals surface area contributed by atoms with Crippen LogP contribution in [0.1, 0.15) is 0 Å². The topological polar surface area (TPSA) is 75.4 Å². The zero-order valence-corrected chi connectivity index (χ0v) is 10.4. The molecule has 18 heavy (non-hydrogen) atoms. The third kappa shape index (κ3) is 3.57. The number of nitro groups is 1. The maximum absolute atomic E-state index is 13.1. The molecule has 0 amide bonds. The lowest BCUT2D eigenvalue weighted by Crippen LogP contribution is -2.31. The Morgan fingerprint density at radius 1 is 1.50 bits per heavy atom. The average molecular weight is 329 g/mol. The van der Waals surface area contributed by atoms with Crippen molar-refractivity contribution >= 4 is 27.3 Å². The summed E-state index contributed by atoms with van der Waals surface area (Å²) in [5, 5.41) is 21.1. The zero-order valence-electron chi connectivity index (χ0n) is 8.79. The second kappa shape index (κ2) is 5.53. The van der Waals surface area contributed by atoms with Gasteiger partial charge in [0.05, 0.1) is 22.0 Å². The maximum atomic E-state index is 13.1. The Labute approximate surface area is 108 Å². The van der Waals surface area contributed by atoms with E-state index in [4.69, 9.17) is 5.11 Å². The van der Waals surface area contributed by atoms with Crippen LogP contribution in [0, 0.1) is 15.9 Å². The molecular formula is C9H8BrF3N2O3. The van der Waals surface area contributed by atoms with Crippen LogP contribution >= 0.6 is 15.9 Å². The summed E-state index contributed by atoms with van der Waals surface area (Å²) < 4.78 is 38.6. The lowest BCUT2D eigenvalue weighted by molar-refractivity contribution is -0.384. The summed E-state index contributed by atoms with van der Waals surface area (Å²) in [5.74, 6) is -4.30. The van der Waals surface area contributed by atoms with Crippen LogP contribution in [-0.4, -0.2) is 29.1 Å². The number of aliphatic hydroxyl groups excluding tert-OH is 1. The molecule has 0 saturated heterocycles. The first-order chi connectivity index (χ1) is 8.26. The van der Waals surface area contributed by atoms with Crippen LogP contribution in [0.2, 0.25) is 0 Å². The third-order valence-corrected chi connectivity index (χ3v) is 2.61. The Balaban J connectivity index is 3.01. The largest absolute Gasteiger partial charge is 0.390 e. The van der Waals surface area contributed by atoms with Gasteiger partial charge in [0.15, 0.2) is 0 Å². The molecule has 0 aliphatic carbocycles. The Bertz CT molecular complexity index is 471. The Morgan fingerprint density at radius 2 is 2.11 bits per heavy atom. The minimum atomic E-state index is -3.42. The number of alkyl halides is 2. The summed E-state index contributed by atoms with van der Waals surface area (Å²) in [6.45, 7) is -2.39. The SMILES string of the molecule is O=[N+]([O-])c1cc(F)c(Br)cc1NCC(F)(F)CO. The molecule has 0 fully saturated rings. The number of hydrogen-bond acceptors (Lipinski definition) is 4. The van der Waals surface area contributed by atoms with E-state index in [2.05, 4.69) is 21.2 Å². The molecule has 1 rings (SSSR count). The fourth-order valence-corrected chi connectivity index (χ4v) is 1.45. The second-order valence-corrected chi connectivity index (χ2v) is 4.26. The van der Waals surface area contributed by atoms with Gasteiger partial charge in [-0.1, -0.05) is 0 Å². The molecule has 1 aromatic rings. The lowest BCUT2D eigenvalue weighted by Gasteiger charge is -2.15. The number of benzene rings is 1. The Morgan fingerprint density at radius 3 is 2.61 bits per heavy atom. The minimum absolute atomic E-state index is 0.0945. The molecule has 2 N–H and O–H groups in total. The van der Waals surface area contributed by atoms with Gasteiger partial charge in [-0.15, -0.1) is 0 Å². The molecule has 0 radical (unpaired) electrons. The smallest absolute Gasteiger partial charge is 0.295 e. The number of nitrogens with one attached hydrogen (secondary N) is 1. The van der Waals surface area contributed by atoms with Crippen molar-refractivity contribution < 1.29 is 23.2 Å². The Hall–Kier alpha value is -1.35. The van der Waals surface area contributed by atoms with Crippen molar-refractivity contribution in [2.45, 2.75) is 5.92 Å². The second-order valence-electron chi connectivity index (χ2n) is 3.41. The molecule has 0 spiro atoms. The number of rotatable bonds is 5. The fourth-order valence-electron chi connectivity index (χ4n) is 1.11. The van der Waals surface area contributed by atoms with E-state index >= 15 is 0 Å². The predicted molar refractivity (Wildman–Crippen MR) is 61.3 cm³/mol. The van der Waals surface area contributed by atoms with Gasteiger partial charge in [0.2, 0.25) is 0 Å². The highest BCUT2D eigenvalue weighted by Crippen LogP contribution is 2.31. The van der Waals surface area contributed by atoms with Gasteiger partial charge in [0.1, 0.15) is 18.1 Å². The van der Waals surface area contributed by atoms with E-state index in [1.54, 1.807) is 0 Å². The Kier molecular flexibility index (Phi) is 4.52. The summed E-state index contributed by atoms with van der Waals surface area (Å²) in [6, 6.07) is 1.60. The van der Waals surface area contributed by atoms with Crippen molar-refractivity contribution in [1.29, 1.82) is 0 Å². The van der Waals surface area contributed by atoms with Gasteiger partial charge in [-0.2, -0.15) is 0 Å². The first-order valence-corrected chi connectivity index (χ1v) is 5.42. The van der Waals surface area contributed by atoms with Crippen molar-refractivity contribution in [3.8, 4) is 0 Å². The molecule has 0 atom stereocenters. The molecule has 0 heterocycles. The van der Waals surface area contributed by atoms with E-state index in [0.29, 0.717) is 6.07 Å². The van der Waals surface area contributed by atoms with Crippen molar-refractivity contribution in [1.82, 2.24) is 0 Å². The standard InChI is InChI=1S/C9H8BrF3N2O3/c10-5-1-7(14-3-9(12,13)4-16)8(15(17)18)2-6(5)11/h1-2,14,16H,3-4H2. The van der Waals surface area contributed by atoms with Gasteiger partial charge in [-0.05, 0) is 22.0 Å². The van der Waals surface area contributed by atoms with Crippen molar-refractivity contribution in [2.75, 3.05) is 18.5 Å². The molecule has 0 saturated carbocycles.